The Morgan fingerprint density at radius 3 is 2.55 bits per heavy atom. The molecule has 3 rings (SSSR count). The van der Waals surface area contributed by atoms with Crippen LogP contribution in [0.25, 0.3) is 10.9 Å². The van der Waals surface area contributed by atoms with Gasteiger partial charge in [-0.3, -0.25) is 4.98 Å². The fourth-order valence-corrected chi connectivity index (χ4v) is 2.32. The number of rotatable bonds is 2. The number of ether oxygens (including phenoxy) is 1. The molecule has 20 heavy (non-hydrogen) atoms. The molecule has 100 valence electrons. The Morgan fingerprint density at radius 2 is 1.80 bits per heavy atom. The molecule has 2 N–H and O–H groups in total. The first-order chi connectivity index (χ1) is 9.61. The van der Waals surface area contributed by atoms with E-state index < -0.39 is 0 Å². The summed E-state index contributed by atoms with van der Waals surface area (Å²) in [5.74, 6) is 1.55. The van der Waals surface area contributed by atoms with E-state index in [1.807, 2.05) is 55.5 Å². The van der Waals surface area contributed by atoms with E-state index >= 15 is 0 Å². The number of nitrogen functional groups attached to an aromatic ring is 1. The first-order valence-corrected chi connectivity index (χ1v) is 7.01. The third-order valence-electron chi connectivity index (χ3n) is 2.96. The van der Waals surface area contributed by atoms with Crippen LogP contribution >= 0.6 is 15.9 Å². The van der Waals surface area contributed by atoms with Crippen LogP contribution in [0.5, 0.6) is 11.5 Å². The third-order valence-corrected chi connectivity index (χ3v) is 3.49. The topological polar surface area (TPSA) is 48.1 Å². The maximum atomic E-state index is 5.97. The van der Waals surface area contributed by atoms with Crippen molar-refractivity contribution in [3.05, 3.63) is 58.7 Å². The quantitative estimate of drug-likeness (QED) is 0.695. The van der Waals surface area contributed by atoms with Crippen LogP contribution in [0, 0.1) is 6.92 Å². The number of hydrogen-bond acceptors (Lipinski definition) is 3. The van der Waals surface area contributed by atoms with Gasteiger partial charge in [-0.25, -0.2) is 0 Å². The Balaban J connectivity index is 2.10. The minimum atomic E-state index is 0.698. The fraction of sp³-hybridized carbons (Fsp3) is 0.0625. The number of anilines is 1. The molecular weight excluding hydrogens is 316 g/mol. The van der Waals surface area contributed by atoms with Gasteiger partial charge in [0, 0.05) is 27.3 Å². The summed E-state index contributed by atoms with van der Waals surface area (Å²) in [6.45, 7) is 1.95. The van der Waals surface area contributed by atoms with E-state index in [0.717, 1.165) is 32.6 Å². The maximum absolute atomic E-state index is 5.97. The van der Waals surface area contributed by atoms with E-state index in [1.165, 1.54) is 0 Å². The Kier molecular flexibility index (Phi) is 3.32. The Morgan fingerprint density at radius 1 is 1.05 bits per heavy atom. The highest BCUT2D eigenvalue weighted by Crippen LogP contribution is 2.31. The lowest BCUT2D eigenvalue weighted by Crippen LogP contribution is -1.92. The molecular formula is C16H13BrN2O. The smallest absolute Gasteiger partial charge is 0.138 e. The van der Waals surface area contributed by atoms with E-state index in [2.05, 4.69) is 20.9 Å². The molecule has 0 radical (unpaired) electrons. The number of fused-ring (bicyclic) bond motifs is 1. The van der Waals surface area contributed by atoms with Gasteiger partial charge in [0.25, 0.3) is 0 Å². The molecule has 4 heteroatoms. The van der Waals surface area contributed by atoms with Crippen LogP contribution in [0.1, 0.15) is 5.69 Å². The molecule has 0 aliphatic heterocycles. The van der Waals surface area contributed by atoms with Crippen LogP contribution in [0.15, 0.2) is 53.0 Å². The van der Waals surface area contributed by atoms with Crippen molar-refractivity contribution in [3.63, 3.8) is 0 Å². The zero-order chi connectivity index (χ0) is 14.1. The number of nitrogens with zero attached hydrogens (tertiary/aromatic N) is 1. The molecule has 0 saturated carbocycles. The lowest BCUT2D eigenvalue weighted by Gasteiger charge is -2.10. The maximum Gasteiger partial charge on any atom is 0.138 e. The summed E-state index contributed by atoms with van der Waals surface area (Å²) in [5.41, 5.74) is 8.34. The highest BCUT2D eigenvalue weighted by molar-refractivity contribution is 9.10. The number of hydrogen-bond donors (Lipinski definition) is 1. The summed E-state index contributed by atoms with van der Waals surface area (Å²) in [4.78, 5) is 4.49. The number of benzene rings is 2. The largest absolute Gasteiger partial charge is 0.457 e. The van der Waals surface area contributed by atoms with E-state index in [4.69, 9.17) is 10.5 Å². The number of nitrogens with two attached hydrogens (primary N) is 1. The number of aryl methyl sites for hydroxylation is 1. The van der Waals surface area contributed by atoms with Crippen molar-refractivity contribution in [1.82, 2.24) is 4.98 Å². The standard InChI is InChI=1S/C16H13BrN2O/c1-10-8-16(20-13-5-2-11(17)3-6-13)14-9-12(18)4-7-15(14)19-10/h2-9H,18H2,1H3. The van der Waals surface area contributed by atoms with Gasteiger partial charge in [-0.2, -0.15) is 0 Å². The molecule has 0 fully saturated rings. The monoisotopic (exact) mass is 328 g/mol. The number of pyridine rings is 1. The van der Waals surface area contributed by atoms with Gasteiger partial charge in [-0.15, -0.1) is 0 Å². The van der Waals surface area contributed by atoms with E-state index in [9.17, 15) is 0 Å². The molecule has 0 bridgehead atoms. The van der Waals surface area contributed by atoms with E-state index in [0.29, 0.717) is 5.69 Å². The molecule has 0 saturated heterocycles. The third kappa shape index (κ3) is 2.60. The summed E-state index contributed by atoms with van der Waals surface area (Å²) in [7, 11) is 0. The molecule has 0 atom stereocenters. The fourth-order valence-electron chi connectivity index (χ4n) is 2.05. The van der Waals surface area contributed by atoms with E-state index in [-0.39, 0.29) is 0 Å². The van der Waals surface area contributed by atoms with Gasteiger partial charge in [0.15, 0.2) is 0 Å². The predicted octanol–water partition coefficient (Wildman–Crippen LogP) is 4.68. The van der Waals surface area contributed by atoms with Crippen molar-refractivity contribution < 1.29 is 4.74 Å². The molecule has 3 nitrogen and oxygen atoms in total. The Hall–Kier alpha value is -2.07. The first kappa shape index (κ1) is 12.9. The minimum absolute atomic E-state index is 0.698. The van der Waals surface area contributed by atoms with Gasteiger partial charge >= 0.3 is 0 Å². The van der Waals surface area contributed by atoms with Crippen LogP contribution in [0.2, 0.25) is 0 Å². The lowest BCUT2D eigenvalue weighted by atomic mass is 10.1. The second-order valence-electron chi connectivity index (χ2n) is 4.59. The molecule has 0 aliphatic carbocycles. The Bertz CT molecular complexity index is 769. The van der Waals surface area contributed by atoms with Crippen molar-refractivity contribution >= 4 is 32.5 Å². The second-order valence-corrected chi connectivity index (χ2v) is 5.51. The van der Waals surface area contributed by atoms with Crippen LogP contribution in [0.4, 0.5) is 5.69 Å². The molecule has 3 aromatic rings. The van der Waals surface area contributed by atoms with Gasteiger partial charge in [-0.1, -0.05) is 15.9 Å². The van der Waals surface area contributed by atoms with Gasteiger partial charge in [0.1, 0.15) is 11.5 Å². The van der Waals surface area contributed by atoms with Crippen molar-refractivity contribution in [2.24, 2.45) is 0 Å². The van der Waals surface area contributed by atoms with Gasteiger partial charge in [-0.05, 0) is 49.4 Å². The summed E-state index contributed by atoms with van der Waals surface area (Å²) in [5, 5.41) is 0.915. The molecule has 0 amide bonds. The van der Waals surface area contributed by atoms with Gasteiger partial charge < -0.3 is 10.5 Å². The van der Waals surface area contributed by atoms with Gasteiger partial charge in [0.2, 0.25) is 0 Å². The first-order valence-electron chi connectivity index (χ1n) is 6.22. The van der Waals surface area contributed by atoms with Crippen LogP contribution in [-0.4, -0.2) is 4.98 Å². The molecule has 0 unspecified atom stereocenters. The molecule has 0 aliphatic rings. The highest BCUT2D eigenvalue weighted by atomic mass is 79.9. The summed E-state index contributed by atoms with van der Waals surface area (Å²) >= 11 is 3.41. The molecule has 1 heterocycles. The summed E-state index contributed by atoms with van der Waals surface area (Å²) in [6.07, 6.45) is 0. The SMILES string of the molecule is Cc1cc(Oc2ccc(Br)cc2)c2cc(N)ccc2n1. The minimum Gasteiger partial charge on any atom is -0.457 e. The lowest BCUT2D eigenvalue weighted by molar-refractivity contribution is 0.487. The van der Waals surface area contributed by atoms with Crippen molar-refractivity contribution in [2.45, 2.75) is 6.92 Å². The van der Waals surface area contributed by atoms with Crippen LogP contribution < -0.4 is 10.5 Å². The zero-order valence-corrected chi connectivity index (χ0v) is 12.5. The van der Waals surface area contributed by atoms with Crippen LogP contribution in [0.3, 0.4) is 0 Å². The average molecular weight is 329 g/mol. The number of aromatic nitrogens is 1. The average Bonchev–Trinajstić information content (AvgIpc) is 2.42. The summed E-state index contributed by atoms with van der Waals surface area (Å²) in [6, 6.07) is 15.3. The van der Waals surface area contributed by atoms with Crippen molar-refractivity contribution in [2.75, 3.05) is 5.73 Å². The van der Waals surface area contributed by atoms with Crippen molar-refractivity contribution in [3.8, 4) is 11.5 Å². The van der Waals surface area contributed by atoms with E-state index in [1.54, 1.807) is 0 Å². The highest BCUT2D eigenvalue weighted by Gasteiger charge is 2.07. The Labute approximate surface area is 125 Å². The normalized spacial score (nSPS) is 10.7. The second kappa shape index (κ2) is 5.13. The number of halogens is 1. The van der Waals surface area contributed by atoms with Gasteiger partial charge in [0.05, 0.1) is 5.52 Å². The zero-order valence-electron chi connectivity index (χ0n) is 10.9. The molecule has 0 spiro atoms. The molecule has 2 aromatic carbocycles. The molecule has 1 aromatic heterocycles. The van der Waals surface area contributed by atoms with Crippen LogP contribution in [-0.2, 0) is 0 Å². The van der Waals surface area contributed by atoms with Crippen molar-refractivity contribution in [1.29, 1.82) is 0 Å². The predicted molar refractivity (Wildman–Crippen MR) is 85.1 cm³/mol. The summed E-state index contributed by atoms with van der Waals surface area (Å²) < 4.78 is 6.98.